The van der Waals surface area contributed by atoms with E-state index < -0.39 is 0 Å². The summed E-state index contributed by atoms with van der Waals surface area (Å²) >= 11 is 3.90. The minimum atomic E-state index is 0.0176. The molecule has 5 heteroatoms. The van der Waals surface area contributed by atoms with Gasteiger partial charge in [0.25, 0.3) is 0 Å². The second-order valence-electron chi connectivity index (χ2n) is 2.63. The summed E-state index contributed by atoms with van der Waals surface area (Å²) in [7, 11) is 0. The number of rotatable bonds is 1. The first-order chi connectivity index (χ1) is 5.70. The molecule has 0 saturated carbocycles. The Morgan fingerprint density at radius 1 is 1.75 bits per heavy atom. The van der Waals surface area contributed by atoms with Crippen LogP contribution >= 0.6 is 33.9 Å². The number of nitrogens with two attached hydrogens (primary N) is 1. The fraction of sp³-hybridized carbons (Fsp3) is 0.286. The minimum Gasteiger partial charge on any atom is -0.323 e. The molecule has 0 aliphatic heterocycles. The summed E-state index contributed by atoms with van der Waals surface area (Å²) in [6.07, 6.45) is 2.01. The summed E-state index contributed by atoms with van der Waals surface area (Å²) in [4.78, 5) is 5.44. The second kappa shape index (κ2) is 2.97. The maximum absolute atomic E-state index is 5.76. The van der Waals surface area contributed by atoms with Crippen molar-refractivity contribution in [3.63, 3.8) is 0 Å². The summed E-state index contributed by atoms with van der Waals surface area (Å²) < 4.78 is 3.18. The molecule has 0 spiro atoms. The average molecular weight is 293 g/mol. The highest BCUT2D eigenvalue weighted by Crippen LogP contribution is 2.22. The molecule has 2 rings (SSSR count). The van der Waals surface area contributed by atoms with Gasteiger partial charge in [-0.1, -0.05) is 0 Å². The Kier molecular flexibility index (Phi) is 2.09. The largest absolute Gasteiger partial charge is 0.323 e. The van der Waals surface area contributed by atoms with Crippen molar-refractivity contribution in [2.45, 2.75) is 13.0 Å². The van der Waals surface area contributed by atoms with Crippen LogP contribution in [-0.2, 0) is 0 Å². The fourth-order valence-corrected chi connectivity index (χ4v) is 2.95. The molecule has 0 fully saturated rings. The van der Waals surface area contributed by atoms with Crippen LogP contribution in [0.3, 0.4) is 0 Å². The number of nitrogens with zero attached hydrogens (tertiary/aromatic N) is 2. The van der Waals surface area contributed by atoms with E-state index in [-0.39, 0.29) is 6.04 Å². The highest BCUT2D eigenvalue weighted by molar-refractivity contribution is 14.1. The summed E-state index contributed by atoms with van der Waals surface area (Å²) in [5, 5.41) is 2.02. The molecule has 12 heavy (non-hydrogen) atoms. The molecular formula is C7H8IN3S. The van der Waals surface area contributed by atoms with Gasteiger partial charge in [0.1, 0.15) is 3.70 Å². The van der Waals surface area contributed by atoms with Crippen LogP contribution in [0.25, 0.3) is 4.96 Å². The Morgan fingerprint density at radius 2 is 2.50 bits per heavy atom. The Bertz CT molecular complexity index is 404. The first-order valence-corrected chi connectivity index (χ1v) is 5.52. The standard InChI is InChI=1S/C7H8IN3S/c1-4(9)5-6(8)11-2-3-12-7(11)10-5/h2-4H,9H2,1H3/t4-/m1/s1. The van der Waals surface area contributed by atoms with Gasteiger partial charge in [-0.25, -0.2) is 4.98 Å². The lowest BCUT2D eigenvalue weighted by molar-refractivity contribution is 0.783. The Morgan fingerprint density at radius 3 is 3.08 bits per heavy atom. The molecule has 2 aromatic rings. The van der Waals surface area contributed by atoms with E-state index in [4.69, 9.17) is 5.73 Å². The molecule has 64 valence electrons. The topological polar surface area (TPSA) is 43.3 Å². The monoisotopic (exact) mass is 293 g/mol. The Labute approximate surface area is 87.7 Å². The molecule has 0 saturated heterocycles. The predicted molar refractivity (Wildman–Crippen MR) is 58.4 cm³/mol. The van der Waals surface area contributed by atoms with E-state index in [1.165, 1.54) is 0 Å². The third-order valence-corrected chi connectivity index (χ3v) is 3.49. The van der Waals surface area contributed by atoms with E-state index >= 15 is 0 Å². The highest BCUT2D eigenvalue weighted by Gasteiger charge is 2.12. The number of thiazole rings is 1. The van der Waals surface area contributed by atoms with Crippen LogP contribution < -0.4 is 5.73 Å². The number of aromatic nitrogens is 2. The van der Waals surface area contributed by atoms with Crippen LogP contribution in [0.1, 0.15) is 18.7 Å². The summed E-state index contributed by atoms with van der Waals surface area (Å²) in [6, 6.07) is 0.0176. The molecule has 3 nitrogen and oxygen atoms in total. The smallest absolute Gasteiger partial charge is 0.194 e. The maximum atomic E-state index is 5.76. The molecule has 1 atom stereocenters. The zero-order valence-electron chi connectivity index (χ0n) is 6.49. The molecule has 0 aliphatic carbocycles. The van der Waals surface area contributed by atoms with Crippen molar-refractivity contribution in [2.75, 3.05) is 0 Å². The van der Waals surface area contributed by atoms with Crippen molar-refractivity contribution >= 4 is 38.9 Å². The van der Waals surface area contributed by atoms with Gasteiger partial charge in [0.05, 0.1) is 5.69 Å². The van der Waals surface area contributed by atoms with Gasteiger partial charge >= 0.3 is 0 Å². The van der Waals surface area contributed by atoms with Crippen LogP contribution in [0.15, 0.2) is 11.6 Å². The van der Waals surface area contributed by atoms with Gasteiger partial charge in [-0.05, 0) is 29.5 Å². The normalized spacial score (nSPS) is 13.9. The van der Waals surface area contributed by atoms with Crippen molar-refractivity contribution in [1.29, 1.82) is 0 Å². The van der Waals surface area contributed by atoms with Crippen molar-refractivity contribution in [2.24, 2.45) is 5.73 Å². The van der Waals surface area contributed by atoms with Gasteiger partial charge in [0.2, 0.25) is 0 Å². The van der Waals surface area contributed by atoms with Crippen molar-refractivity contribution < 1.29 is 0 Å². The van der Waals surface area contributed by atoms with Gasteiger partial charge in [0, 0.05) is 17.6 Å². The Balaban J connectivity index is 2.70. The lowest BCUT2D eigenvalue weighted by atomic mass is 10.3. The quantitative estimate of drug-likeness (QED) is 0.817. The van der Waals surface area contributed by atoms with E-state index in [1.807, 2.05) is 18.5 Å². The van der Waals surface area contributed by atoms with Gasteiger partial charge in [0.15, 0.2) is 4.96 Å². The molecule has 0 amide bonds. The molecule has 0 aliphatic rings. The number of hydrogen-bond donors (Lipinski definition) is 1. The van der Waals surface area contributed by atoms with Gasteiger partial charge in [-0.3, -0.25) is 4.40 Å². The third kappa shape index (κ3) is 1.16. The number of halogens is 1. The lowest BCUT2D eigenvalue weighted by Gasteiger charge is -1.99. The number of imidazole rings is 1. The molecule has 2 N–H and O–H groups in total. The van der Waals surface area contributed by atoms with E-state index in [0.717, 1.165) is 14.4 Å². The third-order valence-electron chi connectivity index (χ3n) is 1.66. The van der Waals surface area contributed by atoms with E-state index in [0.29, 0.717) is 0 Å². The average Bonchev–Trinajstić information content (AvgIpc) is 2.53. The lowest BCUT2D eigenvalue weighted by Crippen LogP contribution is -2.07. The summed E-state index contributed by atoms with van der Waals surface area (Å²) in [5.74, 6) is 0. The van der Waals surface area contributed by atoms with Gasteiger partial charge < -0.3 is 5.73 Å². The molecule has 2 heterocycles. The van der Waals surface area contributed by atoms with E-state index in [9.17, 15) is 0 Å². The molecular weight excluding hydrogens is 285 g/mol. The molecule has 0 bridgehead atoms. The Hall–Kier alpha value is -0.140. The van der Waals surface area contributed by atoms with E-state index in [1.54, 1.807) is 11.3 Å². The zero-order chi connectivity index (χ0) is 8.72. The summed E-state index contributed by atoms with van der Waals surface area (Å²) in [6.45, 7) is 1.95. The van der Waals surface area contributed by atoms with Crippen LogP contribution in [0.4, 0.5) is 0 Å². The van der Waals surface area contributed by atoms with Crippen molar-refractivity contribution in [3.05, 3.63) is 21.0 Å². The minimum absolute atomic E-state index is 0.0176. The van der Waals surface area contributed by atoms with Gasteiger partial charge in [-0.2, -0.15) is 0 Å². The molecule has 0 radical (unpaired) electrons. The number of fused-ring (bicyclic) bond motifs is 1. The SMILES string of the molecule is C[C@@H](N)c1nc2sccn2c1I. The zero-order valence-corrected chi connectivity index (χ0v) is 9.46. The van der Waals surface area contributed by atoms with Gasteiger partial charge in [-0.15, -0.1) is 11.3 Å². The first-order valence-electron chi connectivity index (χ1n) is 3.56. The van der Waals surface area contributed by atoms with Crippen molar-refractivity contribution in [1.82, 2.24) is 9.38 Å². The predicted octanol–water partition coefficient (Wildman–Crippen LogP) is 2.02. The maximum Gasteiger partial charge on any atom is 0.194 e. The van der Waals surface area contributed by atoms with Crippen LogP contribution in [0.2, 0.25) is 0 Å². The highest BCUT2D eigenvalue weighted by atomic mass is 127. The van der Waals surface area contributed by atoms with Crippen LogP contribution in [0, 0.1) is 3.70 Å². The molecule has 2 aromatic heterocycles. The summed E-state index contributed by atoms with van der Waals surface area (Å²) in [5.41, 5.74) is 6.75. The molecule has 0 aromatic carbocycles. The van der Waals surface area contributed by atoms with Crippen molar-refractivity contribution in [3.8, 4) is 0 Å². The first kappa shape index (κ1) is 8.46. The fourth-order valence-electron chi connectivity index (χ4n) is 1.06. The molecule has 0 unspecified atom stereocenters. The van der Waals surface area contributed by atoms with E-state index in [2.05, 4.69) is 32.0 Å². The van der Waals surface area contributed by atoms with Crippen LogP contribution in [0.5, 0.6) is 0 Å². The number of hydrogen-bond acceptors (Lipinski definition) is 3. The second-order valence-corrected chi connectivity index (χ2v) is 4.53. The van der Waals surface area contributed by atoms with Crippen LogP contribution in [-0.4, -0.2) is 9.38 Å².